The summed E-state index contributed by atoms with van der Waals surface area (Å²) in [6.45, 7) is 14.2. The molecule has 2 N–H and O–H groups in total. The lowest BCUT2D eigenvalue weighted by molar-refractivity contribution is -0.304. The minimum atomic E-state index is -2.44. The number of benzene rings is 1. The second-order valence-electron chi connectivity index (χ2n) is 19.7. The maximum Gasteiger partial charge on any atom is 0.303 e. The van der Waals surface area contributed by atoms with Gasteiger partial charge in [0.15, 0.2) is 48.1 Å². The Morgan fingerprint density at radius 1 is 0.375 bits per heavy atom. The predicted octanol–water partition coefficient (Wildman–Crippen LogP) is 0.899. The van der Waals surface area contributed by atoms with Gasteiger partial charge in [0.05, 0.1) is 16.9 Å². The first-order valence-electron chi connectivity index (χ1n) is 26.7. The zero-order valence-electron chi connectivity index (χ0n) is 49.7. The van der Waals surface area contributed by atoms with Gasteiger partial charge < -0.3 is 95.5 Å². The van der Waals surface area contributed by atoms with Crippen LogP contribution in [0.15, 0.2) is 23.9 Å². The zero-order chi connectivity index (χ0) is 65.9. The Kier molecular flexibility index (Phi) is 23.7. The van der Waals surface area contributed by atoms with E-state index in [9.17, 15) is 63.0 Å². The Morgan fingerprint density at radius 3 is 0.909 bits per heavy atom. The van der Waals surface area contributed by atoms with E-state index < -0.39 is 241 Å². The number of hydrogen-bond acceptors (Lipinski definition) is 33. The molecule has 0 aromatic heterocycles. The molecule has 15 atom stereocenters. The summed E-state index contributed by atoms with van der Waals surface area (Å²) in [6.07, 6.45) is -29.8. The quantitative estimate of drug-likeness (QED) is 0.0665. The van der Waals surface area contributed by atoms with E-state index in [2.05, 4.69) is 6.58 Å². The molecule has 1 aliphatic carbocycles. The number of esters is 11. The number of aromatic hydroxyl groups is 2. The first-order valence-corrected chi connectivity index (χ1v) is 26.7. The molecule has 33 heteroatoms. The molecule has 1 aromatic rings. The van der Waals surface area contributed by atoms with Gasteiger partial charge >= 0.3 is 65.7 Å². The Hall–Kier alpha value is -9.11. The topological polar surface area (TPSA) is 429 Å². The van der Waals surface area contributed by atoms with Gasteiger partial charge in [0.25, 0.3) is 0 Å². The molecular formula is C55H66O33. The fourth-order valence-corrected chi connectivity index (χ4v) is 9.54. The van der Waals surface area contributed by atoms with Crippen LogP contribution in [0.1, 0.15) is 116 Å². The van der Waals surface area contributed by atoms with Crippen LogP contribution in [0.4, 0.5) is 0 Å². The number of carbonyl (C=O) groups excluding carboxylic acids is 13. The average molecular weight is 1260 g/mol. The number of rotatable bonds is 23. The standard InChI is InChI=1S/C55H66O33/c1-15-31-37(67)35-36(38(68)41(31)86-53-50(80-28(12)64)47(77-25(9)61)42(74-19(2)3)32(83-53)16-71-20(4)56)40(70)46(88-55-52(82-30(14)66)49(79-27(11)63)44(76-24(8)60)34(85-55)18-73-22(6)58)45(39(35)69)87-54-51(81-29(13)65)48(78-26(10)62)43(75-23(7)59)33(84-54)17-72-21(5)57/h32-34,42-44,47-55,67-68H,2,15-18H2,1,3-14H3. The highest BCUT2D eigenvalue weighted by molar-refractivity contribution is 6.28. The van der Waals surface area contributed by atoms with Crippen LogP contribution in [0.2, 0.25) is 0 Å². The van der Waals surface area contributed by atoms with Crippen molar-refractivity contribution in [2.24, 2.45) is 0 Å². The summed E-state index contributed by atoms with van der Waals surface area (Å²) in [5, 5.41) is 24.9. The van der Waals surface area contributed by atoms with E-state index in [1.165, 1.54) is 13.8 Å². The molecule has 3 aliphatic heterocycles. The molecule has 4 aliphatic rings. The Morgan fingerprint density at radius 2 is 0.636 bits per heavy atom. The van der Waals surface area contributed by atoms with Gasteiger partial charge in [-0.1, -0.05) is 13.5 Å². The summed E-state index contributed by atoms with van der Waals surface area (Å²) in [6, 6.07) is 0. The minimum absolute atomic E-state index is 0.0133. The van der Waals surface area contributed by atoms with E-state index in [0.717, 1.165) is 76.2 Å². The number of carbonyl (C=O) groups is 13. The number of Topliss-reactive ketones (excluding diaryl/α,β-unsaturated/α-hetero) is 2. The van der Waals surface area contributed by atoms with Crippen LogP contribution >= 0.6 is 0 Å². The van der Waals surface area contributed by atoms with Crippen LogP contribution in [0.3, 0.4) is 0 Å². The smallest absolute Gasteiger partial charge is 0.303 e. The lowest BCUT2D eigenvalue weighted by Gasteiger charge is -2.45. The van der Waals surface area contributed by atoms with Crippen LogP contribution in [0.25, 0.3) is 0 Å². The Labute approximate surface area is 500 Å². The normalized spacial score (nSPS) is 27.3. The Balaban J connectivity index is 1.87. The highest BCUT2D eigenvalue weighted by Crippen LogP contribution is 2.50. The molecule has 3 heterocycles. The second-order valence-corrected chi connectivity index (χ2v) is 19.7. The molecule has 15 unspecified atom stereocenters. The number of ketones is 2. The summed E-state index contributed by atoms with van der Waals surface area (Å²) < 4.78 is 102. The summed E-state index contributed by atoms with van der Waals surface area (Å²) in [4.78, 5) is 170. The van der Waals surface area contributed by atoms with Gasteiger partial charge in [0, 0.05) is 81.7 Å². The first-order chi connectivity index (χ1) is 41.1. The van der Waals surface area contributed by atoms with Gasteiger partial charge in [0.2, 0.25) is 60.3 Å². The molecule has 484 valence electrons. The zero-order valence-corrected chi connectivity index (χ0v) is 49.7. The molecular weight excluding hydrogens is 1190 g/mol. The number of phenolic OH excluding ortho intramolecular Hbond substituents is 2. The molecule has 0 spiro atoms. The van der Waals surface area contributed by atoms with E-state index in [-0.39, 0.29) is 5.76 Å². The summed E-state index contributed by atoms with van der Waals surface area (Å²) in [5.74, 6) is -21.3. The SMILES string of the molecule is C=C(C)OC1C(COC(C)=O)OC(Oc2c(O)c3c(c(O)c2CC)C(=O)C(OC2OC(COC(C)=O)C(OC(C)=O)C(OC(C)=O)C2OC(C)=O)=C(OC2OC(COC(C)=O)C(OC(C)=O)C(OC(C)=O)C2OC(C)=O)C3=O)C(OC(C)=O)C1OC(C)=O. The average Bonchev–Trinajstić information content (AvgIpc) is 0.855. The summed E-state index contributed by atoms with van der Waals surface area (Å²) >= 11 is 0. The molecule has 0 radical (unpaired) electrons. The minimum Gasteiger partial charge on any atom is -0.507 e. The monoisotopic (exact) mass is 1250 g/mol. The van der Waals surface area contributed by atoms with Gasteiger partial charge in [-0.05, 0) is 13.3 Å². The molecule has 3 saturated heterocycles. The molecule has 5 rings (SSSR count). The van der Waals surface area contributed by atoms with E-state index in [1.807, 2.05) is 0 Å². The third-order valence-electron chi connectivity index (χ3n) is 12.5. The van der Waals surface area contributed by atoms with Crippen molar-refractivity contribution in [2.45, 2.75) is 189 Å². The number of ether oxygens (including phenoxy) is 18. The fraction of sp³-hybridized carbons (Fsp3) is 0.582. The van der Waals surface area contributed by atoms with Gasteiger partial charge in [-0.25, -0.2) is 0 Å². The van der Waals surface area contributed by atoms with Crippen LogP contribution in [0, 0.1) is 0 Å². The van der Waals surface area contributed by atoms with E-state index >= 15 is 9.59 Å². The maximum atomic E-state index is 15.7. The van der Waals surface area contributed by atoms with E-state index in [4.69, 9.17) is 85.3 Å². The lowest BCUT2D eigenvalue weighted by atomic mass is 9.87. The largest absolute Gasteiger partial charge is 0.507 e. The fourth-order valence-electron chi connectivity index (χ4n) is 9.54. The third-order valence-corrected chi connectivity index (χ3v) is 12.5. The molecule has 3 fully saturated rings. The van der Waals surface area contributed by atoms with Crippen molar-refractivity contribution in [1.29, 1.82) is 0 Å². The van der Waals surface area contributed by atoms with Gasteiger partial charge in [-0.3, -0.25) is 62.3 Å². The summed E-state index contributed by atoms with van der Waals surface area (Å²) in [7, 11) is 0. The molecule has 33 nitrogen and oxygen atoms in total. The molecule has 0 bridgehead atoms. The molecule has 0 amide bonds. The van der Waals surface area contributed by atoms with Crippen molar-refractivity contribution in [3.63, 3.8) is 0 Å². The maximum absolute atomic E-state index is 15.7. The first kappa shape index (κ1) is 69.7. The summed E-state index contributed by atoms with van der Waals surface area (Å²) in [5.41, 5.74) is -2.91. The van der Waals surface area contributed by atoms with E-state index in [1.54, 1.807) is 0 Å². The lowest BCUT2D eigenvalue weighted by Crippen LogP contribution is -2.63. The van der Waals surface area contributed by atoms with Gasteiger partial charge in [-0.2, -0.15) is 0 Å². The number of allylic oxidation sites excluding steroid dienone is 3. The second kappa shape index (κ2) is 30.0. The highest BCUT2D eigenvalue weighted by atomic mass is 16.8. The van der Waals surface area contributed by atoms with Crippen molar-refractivity contribution < 1.29 is 158 Å². The van der Waals surface area contributed by atoms with Crippen LogP contribution < -0.4 is 4.74 Å². The van der Waals surface area contributed by atoms with Crippen molar-refractivity contribution in [2.75, 3.05) is 19.8 Å². The van der Waals surface area contributed by atoms with Crippen LogP contribution in [-0.2, 0) is 140 Å². The third kappa shape index (κ3) is 17.3. The molecule has 0 saturated carbocycles. The van der Waals surface area contributed by atoms with Crippen molar-refractivity contribution in [3.05, 3.63) is 40.5 Å². The number of hydrogen-bond donors (Lipinski definition) is 2. The van der Waals surface area contributed by atoms with Crippen molar-refractivity contribution in [3.8, 4) is 17.2 Å². The van der Waals surface area contributed by atoms with Gasteiger partial charge in [0.1, 0.15) is 43.9 Å². The predicted molar refractivity (Wildman–Crippen MR) is 278 cm³/mol. The molecule has 88 heavy (non-hydrogen) atoms. The molecule has 1 aromatic carbocycles. The number of fused-ring (bicyclic) bond motifs is 1. The van der Waals surface area contributed by atoms with Crippen molar-refractivity contribution >= 4 is 77.2 Å². The van der Waals surface area contributed by atoms with Crippen LogP contribution in [0.5, 0.6) is 17.2 Å². The van der Waals surface area contributed by atoms with Crippen LogP contribution in [-0.4, -0.2) is 199 Å². The Bertz CT molecular complexity index is 2980. The van der Waals surface area contributed by atoms with Gasteiger partial charge in [-0.15, -0.1) is 0 Å². The number of phenols is 2. The highest BCUT2D eigenvalue weighted by Gasteiger charge is 2.59. The van der Waals surface area contributed by atoms with E-state index in [0.29, 0.717) is 0 Å². The van der Waals surface area contributed by atoms with Crippen molar-refractivity contribution in [1.82, 2.24) is 0 Å².